The number of nitrogens with zero attached hydrogens (tertiary/aromatic N) is 1. The second-order valence-corrected chi connectivity index (χ2v) is 8.34. The first-order chi connectivity index (χ1) is 11.5. The van der Waals surface area contributed by atoms with Crippen LogP contribution in [0.5, 0.6) is 11.5 Å². The summed E-state index contributed by atoms with van der Waals surface area (Å²) in [6.45, 7) is 5.41. The maximum absolute atomic E-state index is 12.3. The monoisotopic (exact) mass is 392 g/mol. The molecule has 1 atom stereocenters. The number of ether oxygens (including phenoxy) is 2. The van der Waals surface area contributed by atoms with Gasteiger partial charge < -0.3 is 14.8 Å². The minimum atomic E-state index is -3.75. The highest BCUT2D eigenvalue weighted by molar-refractivity contribution is 7.92. The SMILES string of the molecule is COc1cc(N(CC(=O)N[C@@H](C)C(C)C)S(C)(=O)=O)c(OC)cc1Cl. The van der Waals surface area contributed by atoms with E-state index in [0.717, 1.165) is 10.6 Å². The number of amides is 1. The van der Waals surface area contributed by atoms with Crippen molar-refractivity contribution in [3.05, 3.63) is 17.2 Å². The number of nitrogens with one attached hydrogen (secondary N) is 1. The quantitative estimate of drug-likeness (QED) is 0.733. The molecule has 1 rings (SSSR count). The number of methoxy groups -OCH3 is 2. The van der Waals surface area contributed by atoms with Gasteiger partial charge in [-0.25, -0.2) is 8.42 Å². The van der Waals surface area contributed by atoms with Gasteiger partial charge in [-0.15, -0.1) is 0 Å². The maximum Gasteiger partial charge on any atom is 0.240 e. The average Bonchev–Trinajstić information content (AvgIpc) is 2.51. The molecule has 1 N–H and O–H groups in total. The van der Waals surface area contributed by atoms with Gasteiger partial charge in [0.05, 0.1) is 31.2 Å². The fraction of sp³-hybridized carbons (Fsp3) is 0.562. The van der Waals surface area contributed by atoms with E-state index in [-0.39, 0.29) is 40.7 Å². The first-order valence-electron chi connectivity index (χ1n) is 7.69. The predicted octanol–water partition coefficient (Wildman–Crippen LogP) is 2.28. The number of carbonyl (C=O) groups excluding carboxylic acids is 1. The molecule has 0 heterocycles. The lowest BCUT2D eigenvalue weighted by atomic mass is 10.1. The van der Waals surface area contributed by atoms with E-state index in [0.29, 0.717) is 0 Å². The molecule has 142 valence electrons. The van der Waals surface area contributed by atoms with Crippen LogP contribution >= 0.6 is 11.6 Å². The number of sulfonamides is 1. The Bertz CT molecular complexity index is 721. The fourth-order valence-corrected chi connectivity index (χ4v) is 3.10. The highest BCUT2D eigenvalue weighted by atomic mass is 35.5. The molecule has 0 bridgehead atoms. The van der Waals surface area contributed by atoms with E-state index in [9.17, 15) is 13.2 Å². The molecule has 0 spiro atoms. The first-order valence-corrected chi connectivity index (χ1v) is 9.92. The van der Waals surface area contributed by atoms with Crippen molar-refractivity contribution in [2.45, 2.75) is 26.8 Å². The van der Waals surface area contributed by atoms with Crippen LogP contribution in [0.25, 0.3) is 0 Å². The van der Waals surface area contributed by atoms with Crippen LogP contribution in [0.4, 0.5) is 5.69 Å². The third-order valence-corrected chi connectivity index (χ3v) is 5.22. The number of rotatable bonds is 8. The molecular formula is C16H25ClN2O5S. The summed E-state index contributed by atoms with van der Waals surface area (Å²) in [5.74, 6) is 0.311. The Labute approximate surface area is 154 Å². The van der Waals surface area contributed by atoms with Crippen LogP contribution in [0.1, 0.15) is 20.8 Å². The molecule has 0 aliphatic heterocycles. The van der Waals surface area contributed by atoms with Crippen LogP contribution in [0, 0.1) is 5.92 Å². The fourth-order valence-electron chi connectivity index (χ4n) is 2.02. The lowest BCUT2D eigenvalue weighted by molar-refractivity contribution is -0.120. The predicted molar refractivity (Wildman–Crippen MR) is 99.2 cm³/mol. The number of benzene rings is 1. The average molecular weight is 393 g/mol. The van der Waals surface area contributed by atoms with Crippen molar-refractivity contribution >= 4 is 33.2 Å². The van der Waals surface area contributed by atoms with E-state index in [1.54, 1.807) is 0 Å². The summed E-state index contributed by atoms with van der Waals surface area (Å²) < 4.78 is 35.8. The van der Waals surface area contributed by atoms with Gasteiger partial charge in [0.15, 0.2) is 0 Å². The summed E-state index contributed by atoms with van der Waals surface area (Å²) >= 11 is 6.06. The van der Waals surface area contributed by atoms with Gasteiger partial charge in [-0.2, -0.15) is 0 Å². The normalized spacial score (nSPS) is 12.6. The zero-order valence-corrected chi connectivity index (χ0v) is 16.9. The molecule has 25 heavy (non-hydrogen) atoms. The smallest absolute Gasteiger partial charge is 0.240 e. The van der Waals surface area contributed by atoms with Gasteiger partial charge in [0.2, 0.25) is 15.9 Å². The summed E-state index contributed by atoms with van der Waals surface area (Å²) in [4.78, 5) is 12.3. The minimum Gasteiger partial charge on any atom is -0.495 e. The Morgan fingerprint density at radius 3 is 2.20 bits per heavy atom. The largest absolute Gasteiger partial charge is 0.495 e. The molecule has 0 saturated carbocycles. The summed E-state index contributed by atoms with van der Waals surface area (Å²) in [7, 11) is -0.938. The molecular weight excluding hydrogens is 368 g/mol. The van der Waals surface area contributed by atoms with E-state index in [1.165, 1.54) is 26.4 Å². The van der Waals surface area contributed by atoms with Crippen molar-refractivity contribution < 1.29 is 22.7 Å². The molecule has 0 saturated heterocycles. The van der Waals surface area contributed by atoms with E-state index in [2.05, 4.69) is 5.32 Å². The second-order valence-electron chi connectivity index (χ2n) is 6.03. The van der Waals surface area contributed by atoms with Gasteiger partial charge in [-0.1, -0.05) is 25.4 Å². The Balaban J connectivity index is 3.27. The van der Waals surface area contributed by atoms with Crippen molar-refractivity contribution in [2.75, 3.05) is 31.3 Å². The number of carbonyl (C=O) groups is 1. The topological polar surface area (TPSA) is 84.9 Å². The van der Waals surface area contributed by atoms with E-state index in [1.807, 2.05) is 20.8 Å². The standard InChI is InChI=1S/C16H25ClN2O5S/c1-10(2)11(3)18-16(20)9-19(25(6,21)22)13-8-14(23-4)12(17)7-15(13)24-5/h7-8,10-11H,9H2,1-6H3,(H,18,20)/t11-/m0/s1. The Hall–Kier alpha value is -1.67. The van der Waals surface area contributed by atoms with Gasteiger partial charge >= 0.3 is 0 Å². The number of halogens is 1. The molecule has 0 aliphatic rings. The van der Waals surface area contributed by atoms with Gasteiger partial charge in [0, 0.05) is 18.2 Å². The van der Waals surface area contributed by atoms with Crippen LogP contribution in [0.2, 0.25) is 5.02 Å². The summed E-state index contributed by atoms with van der Waals surface area (Å²) in [5.41, 5.74) is 0.179. The number of anilines is 1. The van der Waals surface area contributed by atoms with Crippen LogP contribution in [-0.4, -0.2) is 47.4 Å². The maximum atomic E-state index is 12.3. The van der Waals surface area contributed by atoms with Crippen LogP contribution in [-0.2, 0) is 14.8 Å². The Morgan fingerprint density at radius 2 is 1.76 bits per heavy atom. The van der Waals surface area contributed by atoms with E-state index in [4.69, 9.17) is 21.1 Å². The number of hydrogen-bond acceptors (Lipinski definition) is 5. The van der Waals surface area contributed by atoms with Crippen molar-refractivity contribution in [3.8, 4) is 11.5 Å². The van der Waals surface area contributed by atoms with Crippen LogP contribution < -0.4 is 19.1 Å². The van der Waals surface area contributed by atoms with Crippen LogP contribution in [0.15, 0.2) is 12.1 Å². The Morgan fingerprint density at radius 1 is 1.20 bits per heavy atom. The Kier molecular flexibility index (Phi) is 7.37. The number of hydrogen-bond donors (Lipinski definition) is 1. The zero-order valence-electron chi connectivity index (χ0n) is 15.3. The molecule has 0 radical (unpaired) electrons. The van der Waals surface area contributed by atoms with Gasteiger partial charge in [-0.3, -0.25) is 9.10 Å². The van der Waals surface area contributed by atoms with E-state index >= 15 is 0 Å². The molecule has 0 aromatic heterocycles. The highest BCUT2D eigenvalue weighted by Crippen LogP contribution is 2.38. The third-order valence-electron chi connectivity index (χ3n) is 3.80. The molecule has 1 aromatic rings. The highest BCUT2D eigenvalue weighted by Gasteiger charge is 2.26. The summed E-state index contributed by atoms with van der Waals surface area (Å²) in [6.07, 6.45) is 1.02. The minimum absolute atomic E-state index is 0.0874. The lowest BCUT2D eigenvalue weighted by Crippen LogP contribution is -2.44. The summed E-state index contributed by atoms with van der Waals surface area (Å²) in [5, 5.41) is 3.06. The molecule has 0 unspecified atom stereocenters. The lowest BCUT2D eigenvalue weighted by Gasteiger charge is -2.26. The molecule has 7 nitrogen and oxygen atoms in total. The van der Waals surface area contributed by atoms with Crippen molar-refractivity contribution in [1.29, 1.82) is 0 Å². The molecule has 1 amide bonds. The molecule has 9 heteroatoms. The van der Waals surface area contributed by atoms with E-state index < -0.39 is 15.9 Å². The van der Waals surface area contributed by atoms with Crippen molar-refractivity contribution in [2.24, 2.45) is 5.92 Å². The molecule has 1 aromatic carbocycles. The molecule has 0 aliphatic carbocycles. The van der Waals surface area contributed by atoms with Crippen LogP contribution in [0.3, 0.4) is 0 Å². The van der Waals surface area contributed by atoms with Gasteiger partial charge in [0.25, 0.3) is 0 Å². The first kappa shape index (κ1) is 21.4. The van der Waals surface area contributed by atoms with Gasteiger partial charge in [0.1, 0.15) is 18.0 Å². The van der Waals surface area contributed by atoms with Crippen molar-refractivity contribution in [1.82, 2.24) is 5.32 Å². The summed E-state index contributed by atoms with van der Waals surface area (Å²) in [6, 6.07) is 2.79. The molecule has 0 fully saturated rings. The zero-order chi connectivity index (χ0) is 19.4. The van der Waals surface area contributed by atoms with Gasteiger partial charge in [-0.05, 0) is 12.8 Å². The van der Waals surface area contributed by atoms with Crippen molar-refractivity contribution in [3.63, 3.8) is 0 Å². The second kappa shape index (κ2) is 8.62. The third kappa shape index (κ3) is 5.67.